The van der Waals surface area contributed by atoms with Crippen LogP contribution in [0.4, 0.5) is 0 Å². The summed E-state index contributed by atoms with van der Waals surface area (Å²) in [4.78, 5) is 4.04. The standard InChI is InChI=1S/C13H19ClN2O2/c14-12-2-1-11(8-16-12)7-15-9-13(10-17)3-5-18-6-4-13/h1-2,8,15,17H,3-7,9-10H2. The number of aromatic nitrogens is 1. The van der Waals surface area contributed by atoms with Gasteiger partial charge in [0.05, 0.1) is 6.61 Å². The monoisotopic (exact) mass is 270 g/mol. The van der Waals surface area contributed by atoms with Crippen molar-refractivity contribution >= 4 is 11.6 Å². The topological polar surface area (TPSA) is 54.4 Å². The van der Waals surface area contributed by atoms with Gasteiger partial charge >= 0.3 is 0 Å². The van der Waals surface area contributed by atoms with Gasteiger partial charge in [0, 0.05) is 37.9 Å². The molecular formula is C13H19ClN2O2. The molecule has 1 aromatic heterocycles. The molecule has 0 amide bonds. The summed E-state index contributed by atoms with van der Waals surface area (Å²) in [6.07, 6.45) is 3.59. The number of hydrogen-bond acceptors (Lipinski definition) is 4. The second kappa shape index (κ2) is 6.48. The highest BCUT2D eigenvalue weighted by Gasteiger charge is 2.31. The minimum absolute atomic E-state index is 0.0297. The number of ether oxygens (including phenoxy) is 1. The Bertz CT molecular complexity index is 364. The fourth-order valence-electron chi connectivity index (χ4n) is 2.18. The number of nitrogens with one attached hydrogen (secondary N) is 1. The smallest absolute Gasteiger partial charge is 0.129 e. The van der Waals surface area contributed by atoms with Gasteiger partial charge in [-0.05, 0) is 24.5 Å². The van der Waals surface area contributed by atoms with Crippen LogP contribution in [0.15, 0.2) is 18.3 Å². The van der Waals surface area contributed by atoms with Crippen LogP contribution in [0.1, 0.15) is 18.4 Å². The van der Waals surface area contributed by atoms with E-state index in [1.807, 2.05) is 6.07 Å². The molecule has 1 saturated heterocycles. The van der Waals surface area contributed by atoms with Crippen molar-refractivity contribution in [1.82, 2.24) is 10.3 Å². The molecule has 0 aromatic carbocycles. The van der Waals surface area contributed by atoms with Gasteiger partial charge in [0.15, 0.2) is 0 Å². The average molecular weight is 271 g/mol. The average Bonchev–Trinajstić information content (AvgIpc) is 2.42. The van der Waals surface area contributed by atoms with Gasteiger partial charge in [0.25, 0.3) is 0 Å². The van der Waals surface area contributed by atoms with E-state index in [2.05, 4.69) is 10.3 Å². The van der Waals surface area contributed by atoms with Gasteiger partial charge in [-0.25, -0.2) is 4.98 Å². The van der Waals surface area contributed by atoms with Crippen molar-refractivity contribution in [3.63, 3.8) is 0 Å². The summed E-state index contributed by atoms with van der Waals surface area (Å²) in [5.74, 6) is 0. The van der Waals surface area contributed by atoms with Crippen LogP contribution in [-0.4, -0.2) is 36.5 Å². The molecule has 0 unspecified atom stereocenters. The predicted octanol–water partition coefficient (Wildman–Crippen LogP) is 1.61. The number of rotatable bonds is 5. The Balaban J connectivity index is 1.81. The lowest BCUT2D eigenvalue weighted by Gasteiger charge is -2.35. The van der Waals surface area contributed by atoms with E-state index < -0.39 is 0 Å². The van der Waals surface area contributed by atoms with Crippen LogP contribution in [0, 0.1) is 5.41 Å². The Morgan fingerprint density at radius 2 is 2.17 bits per heavy atom. The van der Waals surface area contributed by atoms with Crippen molar-refractivity contribution in [3.05, 3.63) is 29.0 Å². The maximum Gasteiger partial charge on any atom is 0.129 e. The number of nitrogens with zero attached hydrogens (tertiary/aromatic N) is 1. The maximum atomic E-state index is 9.55. The van der Waals surface area contributed by atoms with E-state index in [4.69, 9.17) is 16.3 Å². The Morgan fingerprint density at radius 1 is 1.39 bits per heavy atom. The third-order valence-corrected chi connectivity index (χ3v) is 3.73. The van der Waals surface area contributed by atoms with E-state index in [1.165, 1.54) is 0 Å². The third kappa shape index (κ3) is 3.65. The van der Waals surface area contributed by atoms with Crippen molar-refractivity contribution in [2.75, 3.05) is 26.4 Å². The van der Waals surface area contributed by atoms with Crippen LogP contribution >= 0.6 is 11.6 Å². The van der Waals surface area contributed by atoms with Gasteiger partial charge in [0.1, 0.15) is 5.15 Å². The molecule has 1 aliphatic rings. The Labute approximate surface area is 112 Å². The highest BCUT2D eigenvalue weighted by Crippen LogP contribution is 2.29. The molecule has 2 heterocycles. The van der Waals surface area contributed by atoms with Gasteiger partial charge in [-0.2, -0.15) is 0 Å². The highest BCUT2D eigenvalue weighted by molar-refractivity contribution is 6.29. The molecule has 2 N–H and O–H groups in total. The predicted molar refractivity (Wildman–Crippen MR) is 70.5 cm³/mol. The van der Waals surface area contributed by atoms with E-state index in [9.17, 15) is 5.11 Å². The van der Waals surface area contributed by atoms with E-state index in [0.717, 1.165) is 44.7 Å². The number of halogens is 1. The summed E-state index contributed by atoms with van der Waals surface area (Å²) >= 11 is 5.73. The summed E-state index contributed by atoms with van der Waals surface area (Å²) in [7, 11) is 0. The number of aliphatic hydroxyl groups is 1. The Morgan fingerprint density at radius 3 is 2.78 bits per heavy atom. The summed E-state index contributed by atoms with van der Waals surface area (Å²) in [5.41, 5.74) is 1.07. The van der Waals surface area contributed by atoms with Gasteiger partial charge < -0.3 is 15.2 Å². The molecule has 5 heteroatoms. The first-order chi connectivity index (χ1) is 8.74. The van der Waals surface area contributed by atoms with Crippen LogP contribution in [-0.2, 0) is 11.3 Å². The first-order valence-electron chi connectivity index (χ1n) is 6.24. The van der Waals surface area contributed by atoms with Crippen molar-refractivity contribution in [1.29, 1.82) is 0 Å². The zero-order chi connectivity index (χ0) is 12.8. The quantitative estimate of drug-likeness (QED) is 0.799. The Kier molecular flexibility index (Phi) is 4.95. The first-order valence-corrected chi connectivity index (χ1v) is 6.62. The largest absolute Gasteiger partial charge is 0.396 e. The summed E-state index contributed by atoms with van der Waals surface area (Å²) in [5, 5.41) is 13.4. The van der Waals surface area contributed by atoms with Crippen LogP contribution in [0.25, 0.3) is 0 Å². The molecule has 0 radical (unpaired) electrons. The second-order valence-electron chi connectivity index (χ2n) is 4.86. The molecule has 1 aliphatic heterocycles. The summed E-state index contributed by atoms with van der Waals surface area (Å²) in [6, 6.07) is 3.74. The Hall–Kier alpha value is -0.680. The molecule has 1 aromatic rings. The second-order valence-corrected chi connectivity index (χ2v) is 5.25. The van der Waals surface area contributed by atoms with Crippen LogP contribution < -0.4 is 5.32 Å². The number of pyridine rings is 1. The minimum Gasteiger partial charge on any atom is -0.396 e. The molecule has 4 nitrogen and oxygen atoms in total. The maximum absolute atomic E-state index is 9.55. The zero-order valence-corrected chi connectivity index (χ0v) is 11.1. The number of aliphatic hydroxyl groups excluding tert-OH is 1. The van der Waals surface area contributed by atoms with E-state index >= 15 is 0 Å². The lowest BCUT2D eigenvalue weighted by molar-refractivity contribution is -0.0154. The van der Waals surface area contributed by atoms with Gasteiger partial charge in [0.2, 0.25) is 0 Å². The van der Waals surface area contributed by atoms with Gasteiger partial charge in [-0.3, -0.25) is 0 Å². The molecule has 0 bridgehead atoms. The molecule has 18 heavy (non-hydrogen) atoms. The fourth-order valence-corrected chi connectivity index (χ4v) is 2.29. The number of hydrogen-bond donors (Lipinski definition) is 2. The summed E-state index contributed by atoms with van der Waals surface area (Å²) < 4.78 is 5.34. The zero-order valence-electron chi connectivity index (χ0n) is 10.4. The SMILES string of the molecule is OCC1(CNCc2ccc(Cl)nc2)CCOCC1. The van der Waals surface area contributed by atoms with Crippen molar-refractivity contribution in [2.45, 2.75) is 19.4 Å². The normalized spacial score (nSPS) is 18.8. The molecule has 2 rings (SSSR count). The van der Waals surface area contributed by atoms with Crippen LogP contribution in [0.5, 0.6) is 0 Å². The van der Waals surface area contributed by atoms with Crippen LogP contribution in [0.3, 0.4) is 0 Å². The van der Waals surface area contributed by atoms with E-state index in [-0.39, 0.29) is 12.0 Å². The lowest BCUT2D eigenvalue weighted by atomic mass is 9.81. The fraction of sp³-hybridized carbons (Fsp3) is 0.615. The highest BCUT2D eigenvalue weighted by atomic mass is 35.5. The van der Waals surface area contributed by atoms with Crippen molar-refractivity contribution in [2.24, 2.45) is 5.41 Å². The first kappa shape index (κ1) is 13.7. The van der Waals surface area contributed by atoms with E-state index in [1.54, 1.807) is 12.3 Å². The molecule has 0 saturated carbocycles. The minimum atomic E-state index is -0.0297. The van der Waals surface area contributed by atoms with E-state index in [0.29, 0.717) is 5.15 Å². The lowest BCUT2D eigenvalue weighted by Crippen LogP contribution is -2.41. The third-order valence-electron chi connectivity index (χ3n) is 3.51. The van der Waals surface area contributed by atoms with Crippen molar-refractivity contribution < 1.29 is 9.84 Å². The molecule has 0 atom stereocenters. The van der Waals surface area contributed by atoms with Crippen molar-refractivity contribution in [3.8, 4) is 0 Å². The summed E-state index contributed by atoms with van der Waals surface area (Å²) in [6.45, 7) is 3.24. The molecule has 1 fully saturated rings. The van der Waals surface area contributed by atoms with Gasteiger partial charge in [-0.1, -0.05) is 17.7 Å². The molecule has 100 valence electrons. The van der Waals surface area contributed by atoms with Crippen LogP contribution in [0.2, 0.25) is 5.15 Å². The molecular weight excluding hydrogens is 252 g/mol. The van der Waals surface area contributed by atoms with Gasteiger partial charge in [-0.15, -0.1) is 0 Å². The molecule has 0 spiro atoms. The molecule has 0 aliphatic carbocycles.